The molecule has 0 aliphatic heterocycles. The van der Waals surface area contributed by atoms with E-state index in [0.29, 0.717) is 17.4 Å². The number of nitrogens with one attached hydrogen (secondary N) is 1. The van der Waals surface area contributed by atoms with Crippen LogP contribution in [-0.4, -0.2) is 74.3 Å². The maximum atomic E-state index is 13.5. The monoisotopic (exact) mass is 1120 g/mol. The van der Waals surface area contributed by atoms with Crippen molar-refractivity contribution in [1.82, 2.24) is 5.32 Å². The van der Waals surface area contributed by atoms with Gasteiger partial charge in [0.1, 0.15) is 19.3 Å². The topological polar surface area (TPSA) is 111 Å². The van der Waals surface area contributed by atoms with Crippen molar-refractivity contribution in [3.05, 3.63) is 60.8 Å². The van der Waals surface area contributed by atoms with E-state index in [9.17, 15) is 19.0 Å². The number of unbranched alkanes of at least 4 members (excludes halogenated alkanes) is 36. The fourth-order valence-electron chi connectivity index (χ4n) is 9.60. The second kappa shape index (κ2) is 57.9. The molecule has 0 aliphatic carbocycles. The number of carbonyl (C=O) groups is 2. The van der Waals surface area contributed by atoms with Crippen LogP contribution >= 0.6 is 7.82 Å². The third-order valence-corrected chi connectivity index (χ3v) is 15.7. The minimum absolute atomic E-state index is 0.0371. The number of esters is 1. The summed E-state index contributed by atoms with van der Waals surface area (Å²) in [5.41, 5.74) is 0. The molecule has 0 heterocycles. The fourth-order valence-corrected chi connectivity index (χ4v) is 10.3. The van der Waals surface area contributed by atoms with E-state index in [1.807, 2.05) is 33.3 Å². The number of amides is 1. The summed E-state index contributed by atoms with van der Waals surface area (Å²) in [5, 5.41) is 3.05. The zero-order valence-corrected chi connectivity index (χ0v) is 53.1. The average molecular weight is 1120 g/mol. The van der Waals surface area contributed by atoms with Crippen molar-refractivity contribution in [2.24, 2.45) is 0 Å². The summed E-state index contributed by atoms with van der Waals surface area (Å²) in [4.78, 5) is 37.7. The van der Waals surface area contributed by atoms with Crippen LogP contribution in [0.3, 0.4) is 0 Å². The van der Waals surface area contributed by atoms with Gasteiger partial charge in [-0.1, -0.05) is 268 Å². The lowest BCUT2D eigenvalue weighted by Crippen LogP contribution is -2.47. The Labute approximate surface area is 483 Å². The normalized spacial score (nSPS) is 14.0. The molecule has 10 heteroatoms. The van der Waals surface area contributed by atoms with Gasteiger partial charge in [-0.2, -0.15) is 0 Å². The van der Waals surface area contributed by atoms with Crippen molar-refractivity contribution in [2.45, 2.75) is 322 Å². The summed E-state index contributed by atoms with van der Waals surface area (Å²) in [6.45, 7) is 6.91. The molecule has 456 valence electrons. The largest absolute Gasteiger partial charge is 0.472 e. The van der Waals surface area contributed by atoms with Crippen molar-refractivity contribution in [1.29, 1.82) is 0 Å². The molecule has 0 bridgehead atoms. The smallest absolute Gasteiger partial charge is 0.456 e. The van der Waals surface area contributed by atoms with Crippen LogP contribution in [0.4, 0.5) is 0 Å². The number of quaternary nitrogens is 1. The van der Waals surface area contributed by atoms with E-state index in [-0.39, 0.29) is 31.5 Å². The lowest BCUT2D eigenvalue weighted by atomic mass is 10.0. The Morgan fingerprint density at radius 2 is 0.821 bits per heavy atom. The number of phosphoric acid groups is 1. The van der Waals surface area contributed by atoms with E-state index >= 15 is 0 Å². The average Bonchev–Trinajstić information content (AvgIpc) is 3.40. The van der Waals surface area contributed by atoms with E-state index in [4.69, 9.17) is 13.8 Å². The quantitative estimate of drug-likeness (QED) is 0.0205. The van der Waals surface area contributed by atoms with Gasteiger partial charge in [-0.3, -0.25) is 18.6 Å². The summed E-state index contributed by atoms with van der Waals surface area (Å²) in [7, 11) is 1.49. The number of rotatable bonds is 60. The summed E-state index contributed by atoms with van der Waals surface area (Å²) in [6.07, 6.45) is 73.8. The Morgan fingerprint density at radius 3 is 1.24 bits per heavy atom. The van der Waals surface area contributed by atoms with E-state index in [1.54, 1.807) is 0 Å². The first kappa shape index (κ1) is 75.7. The van der Waals surface area contributed by atoms with E-state index in [1.165, 1.54) is 186 Å². The maximum Gasteiger partial charge on any atom is 0.472 e. The SMILES string of the molecule is CC/C=C/C/C=C/C/C=C/CCCCCCCCC(=O)NC(COP(=O)(O)OCC[N+](C)(C)C)C(/C=C\CCCCCCCCCCC)OC(=O)CCCCCCCCCCCCCCCCC/C=C/CCCCCCCC. The molecule has 0 rings (SSSR count). The molecule has 78 heavy (non-hydrogen) atoms. The van der Waals surface area contributed by atoms with E-state index in [0.717, 1.165) is 89.9 Å². The van der Waals surface area contributed by atoms with Gasteiger partial charge in [-0.05, 0) is 89.5 Å². The number of phosphoric ester groups is 1. The van der Waals surface area contributed by atoms with Gasteiger partial charge >= 0.3 is 13.8 Å². The highest BCUT2D eigenvalue weighted by Gasteiger charge is 2.30. The highest BCUT2D eigenvalue weighted by Crippen LogP contribution is 2.43. The molecule has 0 aliphatic rings. The molecule has 3 atom stereocenters. The van der Waals surface area contributed by atoms with Crippen LogP contribution in [-0.2, 0) is 27.9 Å². The highest BCUT2D eigenvalue weighted by atomic mass is 31.2. The molecular weight excluding hydrogens is 988 g/mol. The van der Waals surface area contributed by atoms with Crippen molar-refractivity contribution < 1.29 is 37.3 Å². The van der Waals surface area contributed by atoms with Crippen LogP contribution in [0.1, 0.15) is 310 Å². The predicted octanol–water partition coefficient (Wildman–Crippen LogP) is 20.6. The first-order chi connectivity index (χ1) is 37.9. The van der Waals surface area contributed by atoms with Crippen molar-refractivity contribution in [3.63, 3.8) is 0 Å². The number of allylic oxidation sites excluding steroid dienone is 9. The molecular formula is C68H128N2O7P+. The molecule has 0 aromatic carbocycles. The van der Waals surface area contributed by atoms with Crippen LogP contribution in [0.5, 0.6) is 0 Å². The summed E-state index contributed by atoms with van der Waals surface area (Å²) in [6, 6.07) is -0.855. The van der Waals surface area contributed by atoms with Gasteiger partial charge in [0, 0.05) is 12.8 Å². The van der Waals surface area contributed by atoms with Crippen LogP contribution in [0.25, 0.3) is 0 Å². The molecule has 0 saturated heterocycles. The standard InChI is InChI=1S/C68H127N2O7P/c1-7-10-13-16-19-22-25-27-29-31-32-33-34-35-36-37-38-39-41-43-46-49-52-55-58-61-68(72)77-66(59-56-53-50-47-44-24-21-18-15-12-9-3)65(64-76-78(73,74)75-63-62-70(4,5)6)69-67(71)60-57-54-51-48-45-42-40-30-28-26-23-20-17-14-11-8-2/h11,14,20,23,27-30,56,59,65-66H,7-10,12-13,15-19,21-22,24-26,31-55,57-58,60-64H2,1-6H3,(H-,69,71,73,74)/p+1/b14-11+,23-20+,29-27+,30-28+,59-56-. The molecule has 0 aromatic heterocycles. The van der Waals surface area contributed by atoms with Gasteiger partial charge in [-0.15, -0.1) is 0 Å². The highest BCUT2D eigenvalue weighted by molar-refractivity contribution is 7.47. The van der Waals surface area contributed by atoms with Gasteiger partial charge in [0.25, 0.3) is 0 Å². The van der Waals surface area contributed by atoms with Crippen molar-refractivity contribution in [2.75, 3.05) is 40.9 Å². The molecule has 0 fully saturated rings. The molecule has 0 aromatic rings. The zero-order valence-electron chi connectivity index (χ0n) is 52.2. The second-order valence-corrected chi connectivity index (χ2v) is 25.1. The van der Waals surface area contributed by atoms with Gasteiger partial charge in [-0.25, -0.2) is 4.57 Å². The Bertz CT molecular complexity index is 1520. The number of ether oxygens (including phenoxy) is 1. The maximum absolute atomic E-state index is 13.5. The number of hydrogen-bond donors (Lipinski definition) is 2. The van der Waals surface area contributed by atoms with Gasteiger partial charge < -0.3 is 19.4 Å². The number of likely N-dealkylation sites (N-methyl/N-ethyl adjacent to an activating group) is 1. The van der Waals surface area contributed by atoms with Crippen LogP contribution in [0.15, 0.2) is 60.8 Å². The lowest BCUT2D eigenvalue weighted by Gasteiger charge is -2.27. The first-order valence-electron chi connectivity index (χ1n) is 33.1. The number of hydrogen-bond acceptors (Lipinski definition) is 6. The third-order valence-electron chi connectivity index (χ3n) is 14.7. The Balaban J connectivity index is 5.05. The number of nitrogens with zero attached hydrogens (tertiary/aromatic N) is 1. The van der Waals surface area contributed by atoms with Crippen LogP contribution < -0.4 is 5.32 Å². The Kier molecular flexibility index (Phi) is 56.2. The zero-order chi connectivity index (χ0) is 57.2. The van der Waals surface area contributed by atoms with Crippen molar-refractivity contribution >= 4 is 19.7 Å². The Hall–Kier alpha value is -2.29. The van der Waals surface area contributed by atoms with Gasteiger partial charge in [0.05, 0.1) is 33.8 Å². The Morgan fingerprint density at radius 1 is 0.462 bits per heavy atom. The van der Waals surface area contributed by atoms with E-state index < -0.39 is 20.0 Å². The summed E-state index contributed by atoms with van der Waals surface area (Å²) in [5.74, 6) is -0.512. The van der Waals surface area contributed by atoms with Crippen LogP contribution in [0, 0.1) is 0 Å². The molecule has 0 saturated carbocycles. The molecule has 0 spiro atoms. The summed E-state index contributed by atoms with van der Waals surface area (Å²) >= 11 is 0. The van der Waals surface area contributed by atoms with Crippen molar-refractivity contribution in [3.8, 4) is 0 Å². The minimum Gasteiger partial charge on any atom is -0.456 e. The molecule has 1 amide bonds. The molecule has 9 nitrogen and oxygen atoms in total. The molecule has 3 unspecified atom stereocenters. The molecule has 2 N–H and O–H groups in total. The van der Waals surface area contributed by atoms with E-state index in [2.05, 4.69) is 74.7 Å². The second-order valence-electron chi connectivity index (χ2n) is 23.6. The third kappa shape index (κ3) is 58.4. The fraction of sp³-hybridized carbons (Fsp3) is 0.824. The van der Waals surface area contributed by atoms with Crippen LogP contribution in [0.2, 0.25) is 0 Å². The summed E-state index contributed by atoms with van der Waals surface area (Å²) < 4.78 is 30.7. The first-order valence-corrected chi connectivity index (χ1v) is 34.6. The number of carbonyl (C=O) groups excluding carboxylic acids is 2. The molecule has 0 radical (unpaired) electrons. The minimum atomic E-state index is -4.45. The lowest BCUT2D eigenvalue weighted by molar-refractivity contribution is -0.870. The van der Waals surface area contributed by atoms with Gasteiger partial charge in [0.2, 0.25) is 5.91 Å². The van der Waals surface area contributed by atoms with Gasteiger partial charge in [0.15, 0.2) is 0 Å². The predicted molar refractivity (Wildman–Crippen MR) is 337 cm³/mol.